The highest BCUT2D eigenvalue weighted by molar-refractivity contribution is 7.90. The highest BCUT2D eigenvalue weighted by atomic mass is 35.5. The van der Waals surface area contributed by atoms with Crippen LogP contribution in [0.5, 0.6) is 5.88 Å². The average molecular weight is 426 g/mol. The molecular formula is C17H13ClFN3O5S. The topological polar surface area (TPSA) is 125 Å². The third-order valence-corrected chi connectivity index (χ3v) is 4.95. The number of carbonyl (C=O) groups is 1. The number of rotatable bonds is 5. The number of nitrogens with two attached hydrogens (primary N) is 1. The maximum Gasteiger partial charge on any atom is 0.411 e. The summed E-state index contributed by atoms with van der Waals surface area (Å²) in [7, 11) is -3.36. The summed E-state index contributed by atoms with van der Waals surface area (Å²) in [5.74, 6) is -1.42. The van der Waals surface area contributed by atoms with Gasteiger partial charge in [0, 0.05) is 11.9 Å². The van der Waals surface area contributed by atoms with Gasteiger partial charge in [0.2, 0.25) is 5.89 Å². The number of hydrogen-bond acceptors (Lipinski definition) is 7. The monoisotopic (exact) mass is 425 g/mol. The molecule has 8 nitrogen and oxygen atoms in total. The van der Waals surface area contributed by atoms with E-state index in [0.29, 0.717) is 5.69 Å². The Morgan fingerprint density at radius 1 is 1.25 bits per heavy atom. The van der Waals surface area contributed by atoms with E-state index in [4.69, 9.17) is 26.5 Å². The number of hydrogen-bond donors (Lipinski definition) is 2. The Morgan fingerprint density at radius 3 is 2.50 bits per heavy atom. The first-order valence-corrected chi connectivity index (χ1v) is 9.91. The van der Waals surface area contributed by atoms with Crippen LogP contribution in [0.3, 0.4) is 0 Å². The van der Waals surface area contributed by atoms with Crippen LogP contribution in [0.2, 0.25) is 5.02 Å². The number of benzene rings is 2. The molecular weight excluding hydrogens is 413 g/mol. The van der Waals surface area contributed by atoms with Gasteiger partial charge >= 0.3 is 6.09 Å². The number of carbonyl (C=O) groups excluding carboxylic acids is 1. The Morgan fingerprint density at radius 2 is 1.93 bits per heavy atom. The smallest absolute Gasteiger partial charge is 0.411 e. The number of anilines is 2. The fraction of sp³-hybridized carbons (Fsp3) is 0.0588. The normalized spacial score (nSPS) is 11.2. The van der Waals surface area contributed by atoms with E-state index in [9.17, 15) is 17.6 Å². The summed E-state index contributed by atoms with van der Waals surface area (Å²) in [6, 6.07) is 9.68. The number of halogens is 2. The molecule has 0 aliphatic heterocycles. The molecule has 0 atom stereocenters. The Kier molecular flexibility index (Phi) is 5.25. The molecule has 3 aromatic rings. The number of aromatic nitrogens is 1. The van der Waals surface area contributed by atoms with Gasteiger partial charge in [0.1, 0.15) is 5.82 Å². The van der Waals surface area contributed by atoms with Crippen LogP contribution in [0, 0.1) is 5.82 Å². The maximum atomic E-state index is 14.1. The van der Waals surface area contributed by atoms with Gasteiger partial charge in [-0.3, -0.25) is 0 Å². The third-order valence-electron chi connectivity index (χ3n) is 3.51. The third kappa shape index (κ3) is 4.24. The van der Waals surface area contributed by atoms with Gasteiger partial charge in [-0.1, -0.05) is 17.7 Å². The zero-order valence-corrected chi connectivity index (χ0v) is 15.8. The predicted molar refractivity (Wildman–Crippen MR) is 100.0 cm³/mol. The zero-order valence-electron chi connectivity index (χ0n) is 14.3. The molecule has 0 spiro atoms. The fourth-order valence-corrected chi connectivity index (χ4v) is 3.15. The lowest BCUT2D eigenvalue weighted by Crippen LogP contribution is -2.17. The van der Waals surface area contributed by atoms with E-state index in [1.807, 2.05) is 0 Å². The van der Waals surface area contributed by atoms with Crippen LogP contribution < -0.4 is 15.8 Å². The van der Waals surface area contributed by atoms with E-state index < -0.39 is 21.7 Å². The maximum absolute atomic E-state index is 14.1. The zero-order chi connectivity index (χ0) is 20.5. The molecule has 11 heteroatoms. The van der Waals surface area contributed by atoms with Gasteiger partial charge in [-0.15, -0.1) is 0 Å². The Hall–Kier alpha value is -3.11. The van der Waals surface area contributed by atoms with Gasteiger partial charge in [0.05, 0.1) is 15.5 Å². The van der Waals surface area contributed by atoms with Crippen LogP contribution in [-0.2, 0) is 9.84 Å². The molecule has 1 amide bonds. The van der Waals surface area contributed by atoms with Crippen molar-refractivity contribution in [1.82, 2.24) is 4.98 Å². The van der Waals surface area contributed by atoms with Gasteiger partial charge in [0.25, 0.3) is 11.8 Å². The molecule has 0 aliphatic rings. The molecule has 3 rings (SSSR count). The average Bonchev–Trinajstić information content (AvgIpc) is 2.95. The van der Waals surface area contributed by atoms with Crippen LogP contribution in [0.1, 0.15) is 0 Å². The number of ether oxygens (including phenoxy) is 1. The highest BCUT2D eigenvalue weighted by Crippen LogP contribution is 2.37. The van der Waals surface area contributed by atoms with Crippen molar-refractivity contribution in [3.63, 3.8) is 0 Å². The van der Waals surface area contributed by atoms with Gasteiger partial charge < -0.3 is 20.2 Å². The summed E-state index contributed by atoms with van der Waals surface area (Å²) in [5, 5.41) is 2.80. The molecule has 0 bridgehead atoms. The number of oxazole rings is 1. The minimum Gasteiger partial charge on any atom is -0.416 e. The summed E-state index contributed by atoms with van der Waals surface area (Å²) in [6.45, 7) is 0. The number of nitrogens with zero attached hydrogens (tertiary/aromatic N) is 1. The Bertz CT molecular complexity index is 1130. The predicted octanol–water partition coefficient (Wildman–Crippen LogP) is 3.74. The Labute approximate surface area is 164 Å². The van der Waals surface area contributed by atoms with Crippen molar-refractivity contribution in [2.45, 2.75) is 4.90 Å². The first-order chi connectivity index (χ1) is 13.1. The minimum atomic E-state index is -3.36. The van der Waals surface area contributed by atoms with Crippen LogP contribution in [0.15, 0.2) is 51.8 Å². The first-order valence-electron chi connectivity index (χ1n) is 7.65. The van der Waals surface area contributed by atoms with Crippen molar-refractivity contribution in [3.05, 3.63) is 53.3 Å². The quantitative estimate of drug-likeness (QED) is 0.637. The van der Waals surface area contributed by atoms with Crippen molar-refractivity contribution >= 4 is 39.1 Å². The molecule has 1 heterocycles. The number of nitrogens with one attached hydrogen (secondary N) is 1. The molecule has 2 aromatic carbocycles. The van der Waals surface area contributed by atoms with Crippen LogP contribution in [0.4, 0.5) is 20.8 Å². The summed E-state index contributed by atoms with van der Waals surface area (Å²) >= 11 is 6.00. The summed E-state index contributed by atoms with van der Waals surface area (Å²) in [4.78, 5) is 15.2. The molecule has 0 unspecified atom stereocenters. The standard InChI is InChI=1S/C17H13ClFN3O5S/c1-28(24,25)10-7-5-9(6-8-10)21-15-16(27-17(20)23)22-14(26-15)13-11(18)3-2-4-12(13)19/h2-8,21H,1H3,(H2,20,23). The van der Waals surface area contributed by atoms with E-state index in [1.54, 1.807) is 0 Å². The summed E-state index contributed by atoms with van der Waals surface area (Å²) in [5.41, 5.74) is 5.29. The van der Waals surface area contributed by atoms with E-state index in [-0.39, 0.29) is 33.1 Å². The molecule has 0 fully saturated rings. The van der Waals surface area contributed by atoms with Gasteiger partial charge in [-0.05, 0) is 36.4 Å². The molecule has 0 saturated carbocycles. The molecule has 0 radical (unpaired) electrons. The number of amides is 1. The minimum absolute atomic E-state index is 0.0379. The second kappa shape index (κ2) is 7.49. The lowest BCUT2D eigenvalue weighted by atomic mass is 10.2. The van der Waals surface area contributed by atoms with E-state index in [2.05, 4.69) is 10.3 Å². The second-order valence-corrected chi connectivity index (χ2v) is 8.02. The van der Waals surface area contributed by atoms with Crippen molar-refractivity contribution in [1.29, 1.82) is 0 Å². The lowest BCUT2D eigenvalue weighted by Gasteiger charge is -2.05. The van der Waals surface area contributed by atoms with Crippen molar-refractivity contribution in [3.8, 4) is 17.3 Å². The summed E-state index contributed by atoms with van der Waals surface area (Å²) < 4.78 is 47.5. The molecule has 0 saturated heterocycles. The SMILES string of the molecule is CS(=O)(=O)c1ccc(Nc2oc(-c3c(F)cccc3Cl)nc2OC(N)=O)cc1. The van der Waals surface area contributed by atoms with Gasteiger partial charge in [-0.25, -0.2) is 17.6 Å². The number of primary amides is 1. The van der Waals surface area contributed by atoms with Crippen LogP contribution in [0.25, 0.3) is 11.5 Å². The number of sulfone groups is 1. The van der Waals surface area contributed by atoms with Crippen molar-refractivity contribution in [2.75, 3.05) is 11.6 Å². The fourth-order valence-electron chi connectivity index (χ4n) is 2.28. The summed E-state index contributed by atoms with van der Waals surface area (Å²) in [6.07, 6.45) is -0.0790. The molecule has 146 valence electrons. The first kappa shape index (κ1) is 19.6. The van der Waals surface area contributed by atoms with Crippen molar-refractivity contribution < 1.29 is 26.8 Å². The van der Waals surface area contributed by atoms with E-state index in [0.717, 1.165) is 12.3 Å². The molecule has 28 heavy (non-hydrogen) atoms. The van der Waals surface area contributed by atoms with Crippen LogP contribution >= 0.6 is 11.6 Å². The van der Waals surface area contributed by atoms with Crippen LogP contribution in [-0.4, -0.2) is 25.8 Å². The Balaban J connectivity index is 2.00. The van der Waals surface area contributed by atoms with E-state index >= 15 is 0 Å². The molecule has 3 N–H and O–H groups in total. The highest BCUT2D eigenvalue weighted by Gasteiger charge is 2.22. The largest absolute Gasteiger partial charge is 0.416 e. The van der Waals surface area contributed by atoms with Crippen molar-refractivity contribution in [2.24, 2.45) is 5.73 Å². The van der Waals surface area contributed by atoms with E-state index in [1.165, 1.54) is 36.4 Å². The lowest BCUT2D eigenvalue weighted by molar-refractivity contribution is 0.209. The molecule has 1 aromatic heterocycles. The van der Waals surface area contributed by atoms with Gasteiger partial charge in [-0.2, -0.15) is 4.98 Å². The van der Waals surface area contributed by atoms with Gasteiger partial charge in [0.15, 0.2) is 9.84 Å². The molecule has 0 aliphatic carbocycles. The second-order valence-electron chi connectivity index (χ2n) is 5.59.